The third kappa shape index (κ3) is 3.80. The highest BCUT2D eigenvalue weighted by Gasteiger charge is 2.14. The number of thioether (sulfide) groups is 1. The third-order valence-electron chi connectivity index (χ3n) is 5.02. The minimum atomic E-state index is -0.0453. The lowest BCUT2D eigenvalue weighted by atomic mass is 10.0. The largest absolute Gasteiger partial charge is 0.328 e. The van der Waals surface area contributed by atoms with E-state index in [1.807, 2.05) is 54.3 Å². The Bertz CT molecular complexity index is 1280. The van der Waals surface area contributed by atoms with E-state index in [1.165, 1.54) is 11.8 Å². The van der Waals surface area contributed by atoms with E-state index in [2.05, 4.69) is 0 Å². The van der Waals surface area contributed by atoms with E-state index in [1.54, 1.807) is 28.8 Å². The van der Waals surface area contributed by atoms with Crippen LogP contribution in [0.4, 0.5) is 0 Å². The molecule has 0 atom stereocenters. The van der Waals surface area contributed by atoms with Gasteiger partial charge in [0.1, 0.15) is 5.65 Å². The van der Waals surface area contributed by atoms with Crippen LogP contribution >= 0.6 is 23.4 Å². The molecule has 0 N–H and O–H groups in total. The molecule has 0 fully saturated rings. The van der Waals surface area contributed by atoms with Crippen molar-refractivity contribution in [3.05, 3.63) is 92.9 Å². The zero-order valence-corrected chi connectivity index (χ0v) is 18.2. The van der Waals surface area contributed by atoms with E-state index in [4.69, 9.17) is 16.6 Å². The maximum absolute atomic E-state index is 12.7. The summed E-state index contributed by atoms with van der Waals surface area (Å²) >= 11 is 7.36. The van der Waals surface area contributed by atoms with Crippen LogP contribution in [0.25, 0.3) is 11.0 Å². The van der Waals surface area contributed by atoms with Gasteiger partial charge in [0.25, 0.3) is 5.56 Å². The summed E-state index contributed by atoms with van der Waals surface area (Å²) in [5.41, 5.74) is 2.90. The first-order valence-electron chi connectivity index (χ1n) is 9.54. The zero-order valence-electron chi connectivity index (χ0n) is 16.6. The van der Waals surface area contributed by atoms with Crippen molar-refractivity contribution in [2.24, 2.45) is 0 Å². The van der Waals surface area contributed by atoms with Crippen molar-refractivity contribution in [1.29, 1.82) is 0 Å². The Kier molecular flexibility index (Phi) is 5.79. The van der Waals surface area contributed by atoms with Crippen molar-refractivity contribution in [3.8, 4) is 0 Å². The van der Waals surface area contributed by atoms with Gasteiger partial charge in [-0.3, -0.25) is 14.2 Å². The van der Waals surface area contributed by atoms with Crippen molar-refractivity contribution in [2.45, 2.75) is 25.2 Å². The molecule has 5 nitrogen and oxygen atoms in total. The predicted octanol–water partition coefficient (Wildman–Crippen LogP) is 4.87. The Labute approximate surface area is 183 Å². The summed E-state index contributed by atoms with van der Waals surface area (Å²) in [7, 11) is 0. The van der Waals surface area contributed by atoms with Crippen LogP contribution in [0.15, 0.2) is 70.7 Å². The lowest BCUT2D eigenvalue weighted by Gasteiger charge is -2.10. The van der Waals surface area contributed by atoms with Crippen LogP contribution in [0, 0.1) is 0 Å². The number of halogens is 1. The quantitative estimate of drug-likeness (QED) is 0.245. The average Bonchev–Trinajstić information content (AvgIpc) is 3.17. The average molecular weight is 438 g/mol. The predicted molar refractivity (Wildman–Crippen MR) is 122 cm³/mol. The number of carbonyl (C=O) groups is 1. The highest BCUT2D eigenvalue weighted by Crippen LogP contribution is 2.19. The minimum absolute atomic E-state index is 0.0190. The Balaban J connectivity index is 1.61. The van der Waals surface area contributed by atoms with E-state index < -0.39 is 0 Å². The third-order valence-corrected chi connectivity index (χ3v) is 5.95. The molecule has 0 aliphatic heterocycles. The van der Waals surface area contributed by atoms with Crippen LogP contribution in [-0.4, -0.2) is 26.2 Å². The van der Waals surface area contributed by atoms with Crippen molar-refractivity contribution in [3.63, 3.8) is 0 Å². The SMILES string of the molecule is CCn1c(SC)nc2c(ccn2Cc2ccc(C(=O)c3ccc(Cl)cc3)cc2)c1=O. The Morgan fingerprint density at radius 1 is 1.03 bits per heavy atom. The first-order valence-corrected chi connectivity index (χ1v) is 11.1. The number of benzene rings is 2. The van der Waals surface area contributed by atoms with Gasteiger partial charge in [0.2, 0.25) is 0 Å². The molecule has 2 aromatic heterocycles. The molecule has 0 aliphatic rings. The molecule has 0 amide bonds. The fourth-order valence-corrected chi connectivity index (χ4v) is 4.16. The summed E-state index contributed by atoms with van der Waals surface area (Å²) in [6, 6.07) is 16.2. The molecule has 152 valence electrons. The molecule has 0 radical (unpaired) electrons. The van der Waals surface area contributed by atoms with Gasteiger partial charge >= 0.3 is 0 Å². The molecule has 30 heavy (non-hydrogen) atoms. The summed E-state index contributed by atoms with van der Waals surface area (Å²) in [6.45, 7) is 3.10. The Hall–Kier alpha value is -2.83. The molecule has 0 aliphatic carbocycles. The van der Waals surface area contributed by atoms with Crippen molar-refractivity contribution in [1.82, 2.24) is 14.1 Å². The summed E-state index contributed by atoms with van der Waals surface area (Å²) in [6.07, 6.45) is 3.80. The number of carbonyl (C=O) groups excluding carboxylic acids is 1. The van der Waals surface area contributed by atoms with Gasteiger partial charge in [-0.15, -0.1) is 0 Å². The summed E-state index contributed by atoms with van der Waals surface area (Å²) in [4.78, 5) is 30.1. The number of aromatic nitrogens is 3. The van der Waals surface area contributed by atoms with Crippen LogP contribution in [-0.2, 0) is 13.1 Å². The normalized spacial score (nSPS) is 11.2. The summed E-state index contributed by atoms with van der Waals surface area (Å²) < 4.78 is 3.65. The molecule has 0 spiro atoms. The zero-order chi connectivity index (χ0) is 21.3. The van der Waals surface area contributed by atoms with Crippen LogP contribution in [0.2, 0.25) is 5.02 Å². The van der Waals surface area contributed by atoms with Crippen LogP contribution < -0.4 is 5.56 Å². The molecule has 2 aromatic carbocycles. The standard InChI is InChI=1S/C23H20ClN3O2S/c1-3-27-22(29)19-12-13-26(21(19)25-23(27)30-2)14-15-4-6-16(7-5-15)20(28)17-8-10-18(24)11-9-17/h4-13H,3,14H2,1-2H3. The molecule has 7 heteroatoms. The maximum atomic E-state index is 12.7. The molecule has 0 unspecified atom stereocenters. The van der Waals surface area contributed by atoms with Gasteiger partial charge in [0, 0.05) is 35.4 Å². The second-order valence-electron chi connectivity index (χ2n) is 6.86. The molecule has 2 heterocycles. The van der Waals surface area contributed by atoms with E-state index >= 15 is 0 Å². The molecular formula is C23H20ClN3O2S. The van der Waals surface area contributed by atoms with E-state index in [0.29, 0.717) is 45.4 Å². The minimum Gasteiger partial charge on any atom is -0.328 e. The van der Waals surface area contributed by atoms with Gasteiger partial charge in [0.05, 0.1) is 5.39 Å². The van der Waals surface area contributed by atoms with E-state index in [0.717, 1.165) is 5.56 Å². The Morgan fingerprint density at radius 3 is 2.27 bits per heavy atom. The van der Waals surface area contributed by atoms with E-state index in [-0.39, 0.29) is 11.3 Å². The monoisotopic (exact) mass is 437 g/mol. The van der Waals surface area contributed by atoms with Gasteiger partial charge in [-0.25, -0.2) is 4.98 Å². The number of fused-ring (bicyclic) bond motifs is 1. The number of hydrogen-bond acceptors (Lipinski definition) is 4. The topological polar surface area (TPSA) is 56.9 Å². The second kappa shape index (κ2) is 8.50. The fraction of sp³-hybridized carbons (Fsp3) is 0.174. The van der Waals surface area contributed by atoms with Gasteiger partial charge in [-0.2, -0.15) is 0 Å². The smallest absolute Gasteiger partial charge is 0.263 e. The molecule has 0 saturated carbocycles. The number of hydrogen-bond donors (Lipinski definition) is 0. The molecule has 0 saturated heterocycles. The lowest BCUT2D eigenvalue weighted by Crippen LogP contribution is -2.22. The highest BCUT2D eigenvalue weighted by molar-refractivity contribution is 7.98. The van der Waals surface area contributed by atoms with Crippen LogP contribution in [0.1, 0.15) is 28.4 Å². The Morgan fingerprint density at radius 2 is 1.67 bits per heavy atom. The van der Waals surface area contributed by atoms with Crippen LogP contribution in [0.5, 0.6) is 0 Å². The first-order chi connectivity index (χ1) is 14.5. The van der Waals surface area contributed by atoms with Gasteiger partial charge in [-0.05, 0) is 49.1 Å². The maximum Gasteiger partial charge on any atom is 0.263 e. The van der Waals surface area contributed by atoms with Gasteiger partial charge < -0.3 is 4.57 Å². The van der Waals surface area contributed by atoms with E-state index in [9.17, 15) is 9.59 Å². The number of nitrogens with zero attached hydrogens (tertiary/aromatic N) is 3. The summed E-state index contributed by atoms with van der Waals surface area (Å²) in [5, 5.41) is 1.92. The fourth-order valence-electron chi connectivity index (χ4n) is 3.43. The van der Waals surface area contributed by atoms with Crippen molar-refractivity contribution >= 4 is 40.2 Å². The molecular weight excluding hydrogens is 418 g/mol. The number of rotatable bonds is 6. The van der Waals surface area contributed by atoms with Crippen molar-refractivity contribution in [2.75, 3.05) is 6.26 Å². The van der Waals surface area contributed by atoms with Crippen molar-refractivity contribution < 1.29 is 4.79 Å². The molecule has 0 bridgehead atoms. The summed E-state index contributed by atoms with van der Waals surface area (Å²) in [5.74, 6) is -0.0453. The van der Waals surface area contributed by atoms with Gasteiger partial charge in [-0.1, -0.05) is 47.6 Å². The second-order valence-corrected chi connectivity index (χ2v) is 8.07. The first kappa shape index (κ1) is 20.4. The van der Waals surface area contributed by atoms with Crippen LogP contribution in [0.3, 0.4) is 0 Å². The molecule has 4 aromatic rings. The van der Waals surface area contributed by atoms with Gasteiger partial charge in [0.15, 0.2) is 10.9 Å². The lowest BCUT2D eigenvalue weighted by molar-refractivity contribution is 0.103. The molecule has 4 rings (SSSR count). The number of ketones is 1. The highest BCUT2D eigenvalue weighted by atomic mass is 35.5.